The van der Waals surface area contributed by atoms with Gasteiger partial charge >= 0.3 is 5.97 Å². The van der Waals surface area contributed by atoms with Gasteiger partial charge in [-0.3, -0.25) is 9.59 Å². The molecule has 3 fully saturated rings. The number of hydrogen-bond donors (Lipinski definition) is 2. The predicted molar refractivity (Wildman–Crippen MR) is 132 cm³/mol. The second-order valence-electron chi connectivity index (χ2n) is 10.3. The molecule has 3 aliphatic rings. The number of carbonyl (C=O) groups excluding carboxylic acids is 2. The first-order valence-corrected chi connectivity index (χ1v) is 12.6. The number of hydrogen-bond acceptors (Lipinski definition) is 7. The Kier molecular flexibility index (Phi) is 9.32. The molecule has 0 radical (unpaired) electrons. The smallest absolute Gasteiger partial charge is 0.303 e. The summed E-state index contributed by atoms with van der Waals surface area (Å²) in [7, 11) is 0. The molecule has 0 aliphatic carbocycles. The fourth-order valence-corrected chi connectivity index (χ4v) is 4.91. The van der Waals surface area contributed by atoms with Gasteiger partial charge in [0.05, 0.1) is 31.0 Å². The van der Waals surface area contributed by atoms with Gasteiger partial charge in [0.15, 0.2) is 0 Å². The first kappa shape index (κ1) is 27.6. The summed E-state index contributed by atoms with van der Waals surface area (Å²) >= 11 is 0. The molecule has 1 spiro atoms. The molecule has 0 aromatic heterocycles. The van der Waals surface area contributed by atoms with Crippen LogP contribution in [0.2, 0.25) is 0 Å². The van der Waals surface area contributed by atoms with Crippen LogP contribution in [0.3, 0.4) is 0 Å². The van der Waals surface area contributed by atoms with Gasteiger partial charge in [-0.25, -0.2) is 0 Å². The summed E-state index contributed by atoms with van der Waals surface area (Å²) in [6.07, 6.45) is 9.86. The van der Waals surface area contributed by atoms with Crippen molar-refractivity contribution >= 4 is 11.9 Å². The normalized spacial score (nSPS) is 38.6. The summed E-state index contributed by atoms with van der Waals surface area (Å²) in [4.78, 5) is 23.3. The molecule has 3 saturated heterocycles. The van der Waals surface area contributed by atoms with Crippen LogP contribution in [0.1, 0.15) is 60.8 Å². The highest BCUT2D eigenvalue weighted by Gasteiger charge is 2.57. The molecule has 9 atom stereocenters. The Balaban J connectivity index is 1.47. The second kappa shape index (κ2) is 11.8. The standard InChI is InChI=1S/C27H41NO7/c1-16(8-11-24-26(31)27(15-32-27)14-19(4)34-24)7-10-23-17(2)13-22(20(5)35-23)28-25(30)12-9-18(3)33-21(6)29/h7-9,11-12,17-20,22-24,26,31H,10,13-15H2,1-6H3,(H,28,30). The quantitative estimate of drug-likeness (QED) is 0.233. The van der Waals surface area contributed by atoms with E-state index in [4.69, 9.17) is 18.9 Å². The van der Waals surface area contributed by atoms with Crippen LogP contribution >= 0.6 is 0 Å². The number of carbonyl (C=O) groups is 2. The lowest BCUT2D eigenvalue weighted by molar-refractivity contribution is -0.143. The van der Waals surface area contributed by atoms with Crippen LogP contribution in [0, 0.1) is 5.92 Å². The van der Waals surface area contributed by atoms with Gasteiger partial charge in [-0.05, 0) is 52.5 Å². The Labute approximate surface area is 208 Å². The topological polar surface area (TPSA) is 107 Å². The number of ether oxygens (including phenoxy) is 4. The maximum absolute atomic E-state index is 12.3. The number of esters is 1. The lowest BCUT2D eigenvalue weighted by Crippen LogP contribution is -2.50. The first-order chi connectivity index (χ1) is 16.5. The van der Waals surface area contributed by atoms with Crippen LogP contribution in [0.25, 0.3) is 0 Å². The molecule has 9 unspecified atom stereocenters. The van der Waals surface area contributed by atoms with E-state index in [1.165, 1.54) is 13.0 Å². The number of aliphatic hydroxyl groups excluding tert-OH is 1. The number of allylic oxidation sites excluding steroid dienone is 2. The van der Waals surface area contributed by atoms with E-state index in [2.05, 4.69) is 18.3 Å². The summed E-state index contributed by atoms with van der Waals surface area (Å²) in [6, 6.07) is -0.0868. The highest BCUT2D eigenvalue weighted by atomic mass is 16.6. The number of aliphatic hydroxyl groups is 1. The maximum Gasteiger partial charge on any atom is 0.303 e. The number of amides is 1. The Hall–Kier alpha value is -2.00. The van der Waals surface area contributed by atoms with Gasteiger partial charge in [0, 0.05) is 19.4 Å². The van der Waals surface area contributed by atoms with Crippen LogP contribution < -0.4 is 5.32 Å². The molecule has 1 amide bonds. The molecule has 0 bridgehead atoms. The minimum Gasteiger partial charge on any atom is -0.459 e. The summed E-state index contributed by atoms with van der Waals surface area (Å²) in [5.74, 6) is -0.340. The van der Waals surface area contributed by atoms with Crippen LogP contribution in [-0.2, 0) is 28.5 Å². The van der Waals surface area contributed by atoms with Crippen molar-refractivity contribution < 1.29 is 33.6 Å². The summed E-state index contributed by atoms with van der Waals surface area (Å²) in [5.41, 5.74) is 0.657. The van der Waals surface area contributed by atoms with Gasteiger partial charge in [0.1, 0.15) is 23.9 Å². The monoisotopic (exact) mass is 491 g/mol. The average Bonchev–Trinajstić information content (AvgIpc) is 3.54. The van der Waals surface area contributed by atoms with E-state index in [0.717, 1.165) is 24.8 Å². The third kappa shape index (κ3) is 7.74. The van der Waals surface area contributed by atoms with Gasteiger partial charge < -0.3 is 29.4 Å². The fraction of sp³-hybridized carbons (Fsp3) is 0.704. The maximum atomic E-state index is 12.3. The largest absolute Gasteiger partial charge is 0.459 e. The molecule has 8 heteroatoms. The molecule has 196 valence electrons. The molecule has 0 aromatic carbocycles. The van der Waals surface area contributed by atoms with Crippen molar-refractivity contribution in [2.45, 2.75) is 109 Å². The van der Waals surface area contributed by atoms with E-state index in [9.17, 15) is 14.7 Å². The van der Waals surface area contributed by atoms with Crippen molar-refractivity contribution in [1.82, 2.24) is 5.32 Å². The van der Waals surface area contributed by atoms with E-state index in [1.54, 1.807) is 13.0 Å². The lowest BCUT2D eigenvalue weighted by Gasteiger charge is -2.39. The molecule has 3 rings (SSSR count). The highest BCUT2D eigenvalue weighted by Crippen LogP contribution is 2.42. The number of nitrogens with one attached hydrogen (secondary N) is 1. The van der Waals surface area contributed by atoms with Crippen molar-refractivity contribution in [2.75, 3.05) is 6.61 Å². The van der Waals surface area contributed by atoms with Crippen molar-refractivity contribution in [3.8, 4) is 0 Å². The summed E-state index contributed by atoms with van der Waals surface area (Å²) in [6.45, 7) is 11.8. The van der Waals surface area contributed by atoms with Crippen molar-refractivity contribution in [3.63, 3.8) is 0 Å². The number of rotatable bonds is 8. The minimum atomic E-state index is -0.642. The highest BCUT2D eigenvalue weighted by molar-refractivity contribution is 5.87. The van der Waals surface area contributed by atoms with Gasteiger partial charge in [-0.1, -0.05) is 30.7 Å². The third-order valence-corrected chi connectivity index (χ3v) is 7.02. The Bertz CT molecular complexity index is 846. The summed E-state index contributed by atoms with van der Waals surface area (Å²) in [5, 5.41) is 13.6. The minimum absolute atomic E-state index is 0.0546. The molecule has 3 aliphatic heterocycles. The molecule has 0 aromatic rings. The van der Waals surface area contributed by atoms with E-state index >= 15 is 0 Å². The first-order valence-electron chi connectivity index (χ1n) is 12.6. The van der Waals surface area contributed by atoms with Crippen LogP contribution in [0.15, 0.2) is 36.0 Å². The van der Waals surface area contributed by atoms with Gasteiger partial charge in [-0.2, -0.15) is 0 Å². The van der Waals surface area contributed by atoms with Gasteiger partial charge in [0.25, 0.3) is 0 Å². The SMILES string of the molecule is CC(=O)OC(C)C=CC(=O)NC1CC(C)C(CC=C(C)C=CC2OC(C)CC3(CO3)C2O)OC1C. The van der Waals surface area contributed by atoms with E-state index < -0.39 is 17.8 Å². The number of epoxide rings is 1. The van der Waals surface area contributed by atoms with Gasteiger partial charge in [-0.15, -0.1) is 0 Å². The van der Waals surface area contributed by atoms with Gasteiger partial charge in [0.2, 0.25) is 5.91 Å². The summed E-state index contributed by atoms with van der Waals surface area (Å²) < 4.78 is 22.7. The van der Waals surface area contributed by atoms with Crippen LogP contribution in [0.4, 0.5) is 0 Å². The molecule has 8 nitrogen and oxygen atoms in total. The fourth-order valence-electron chi connectivity index (χ4n) is 4.91. The zero-order chi connectivity index (χ0) is 25.8. The van der Waals surface area contributed by atoms with E-state index in [1.807, 2.05) is 32.9 Å². The molecule has 0 saturated carbocycles. The zero-order valence-corrected chi connectivity index (χ0v) is 21.7. The lowest BCUT2D eigenvalue weighted by atomic mass is 9.87. The Morgan fingerprint density at radius 3 is 2.57 bits per heavy atom. The molecule has 2 N–H and O–H groups in total. The molecule has 35 heavy (non-hydrogen) atoms. The average molecular weight is 492 g/mol. The zero-order valence-electron chi connectivity index (χ0n) is 21.7. The van der Waals surface area contributed by atoms with E-state index in [0.29, 0.717) is 6.61 Å². The Morgan fingerprint density at radius 1 is 1.20 bits per heavy atom. The Morgan fingerprint density at radius 2 is 1.91 bits per heavy atom. The third-order valence-electron chi connectivity index (χ3n) is 7.02. The second-order valence-corrected chi connectivity index (χ2v) is 10.3. The molecule has 3 heterocycles. The van der Waals surface area contributed by atoms with Crippen LogP contribution in [0.5, 0.6) is 0 Å². The van der Waals surface area contributed by atoms with Crippen molar-refractivity contribution in [2.24, 2.45) is 5.92 Å². The van der Waals surface area contributed by atoms with Crippen molar-refractivity contribution in [3.05, 3.63) is 36.0 Å². The molecular formula is C27H41NO7. The van der Waals surface area contributed by atoms with Crippen molar-refractivity contribution in [1.29, 1.82) is 0 Å². The molecular weight excluding hydrogens is 450 g/mol. The van der Waals surface area contributed by atoms with E-state index in [-0.39, 0.29) is 48.3 Å². The van der Waals surface area contributed by atoms with Crippen LogP contribution in [-0.4, -0.2) is 71.9 Å². The predicted octanol–water partition coefficient (Wildman–Crippen LogP) is 2.99.